The SMILES string of the molecule is CCNC(=O)CN(CC)C(=O)c1ccc(COC)cc1. The number of benzene rings is 1. The summed E-state index contributed by atoms with van der Waals surface area (Å²) in [7, 11) is 1.63. The molecule has 1 aromatic rings. The molecule has 0 saturated carbocycles. The maximum Gasteiger partial charge on any atom is 0.254 e. The molecule has 0 aliphatic carbocycles. The van der Waals surface area contributed by atoms with Gasteiger partial charge in [-0.05, 0) is 31.5 Å². The molecule has 0 spiro atoms. The molecule has 0 aromatic heterocycles. The van der Waals surface area contributed by atoms with E-state index < -0.39 is 0 Å². The number of nitrogens with zero attached hydrogens (tertiary/aromatic N) is 1. The van der Waals surface area contributed by atoms with Crippen molar-refractivity contribution in [2.24, 2.45) is 0 Å². The Labute approximate surface area is 119 Å². The van der Waals surface area contributed by atoms with Crippen molar-refractivity contribution < 1.29 is 14.3 Å². The summed E-state index contributed by atoms with van der Waals surface area (Å²) in [5.41, 5.74) is 1.59. The van der Waals surface area contributed by atoms with Crippen LogP contribution in [0.3, 0.4) is 0 Å². The van der Waals surface area contributed by atoms with E-state index in [1.165, 1.54) is 4.90 Å². The fourth-order valence-electron chi connectivity index (χ4n) is 1.85. The summed E-state index contributed by atoms with van der Waals surface area (Å²) in [6, 6.07) is 7.24. The molecule has 20 heavy (non-hydrogen) atoms. The molecule has 0 fully saturated rings. The minimum atomic E-state index is -0.140. The third-order valence-corrected chi connectivity index (χ3v) is 2.89. The summed E-state index contributed by atoms with van der Waals surface area (Å²) in [4.78, 5) is 25.4. The van der Waals surface area contributed by atoms with Crippen molar-refractivity contribution in [2.75, 3.05) is 26.7 Å². The van der Waals surface area contributed by atoms with Gasteiger partial charge in [0.1, 0.15) is 0 Å². The Morgan fingerprint density at radius 1 is 1.20 bits per heavy atom. The number of hydrogen-bond donors (Lipinski definition) is 1. The van der Waals surface area contributed by atoms with Crippen LogP contribution in [0, 0.1) is 0 Å². The Balaban J connectivity index is 2.72. The fraction of sp³-hybridized carbons (Fsp3) is 0.467. The smallest absolute Gasteiger partial charge is 0.254 e. The lowest BCUT2D eigenvalue weighted by molar-refractivity contribution is -0.121. The first-order chi connectivity index (χ1) is 9.62. The minimum Gasteiger partial charge on any atom is -0.380 e. The Bertz CT molecular complexity index is 443. The molecule has 110 valence electrons. The predicted octanol–water partition coefficient (Wildman–Crippen LogP) is 1.43. The van der Waals surface area contributed by atoms with E-state index in [4.69, 9.17) is 4.74 Å². The minimum absolute atomic E-state index is 0.0863. The van der Waals surface area contributed by atoms with Gasteiger partial charge in [-0.25, -0.2) is 0 Å². The summed E-state index contributed by atoms with van der Waals surface area (Å²) in [5, 5.41) is 2.69. The summed E-state index contributed by atoms with van der Waals surface area (Å²) in [6.45, 7) is 5.38. The number of carbonyl (C=O) groups excluding carboxylic acids is 2. The maximum atomic E-state index is 12.3. The highest BCUT2D eigenvalue weighted by atomic mass is 16.5. The summed E-state index contributed by atoms with van der Waals surface area (Å²) < 4.78 is 5.03. The van der Waals surface area contributed by atoms with E-state index in [1.54, 1.807) is 19.2 Å². The number of carbonyl (C=O) groups is 2. The van der Waals surface area contributed by atoms with Gasteiger partial charge in [-0.2, -0.15) is 0 Å². The topological polar surface area (TPSA) is 58.6 Å². The Morgan fingerprint density at radius 3 is 2.35 bits per heavy atom. The Kier molecular flexibility index (Phi) is 6.73. The number of nitrogens with one attached hydrogen (secondary N) is 1. The molecule has 2 amide bonds. The zero-order valence-electron chi connectivity index (χ0n) is 12.3. The normalized spacial score (nSPS) is 10.2. The van der Waals surface area contributed by atoms with Gasteiger partial charge in [0.2, 0.25) is 5.91 Å². The number of ether oxygens (including phenoxy) is 1. The van der Waals surface area contributed by atoms with Gasteiger partial charge in [-0.1, -0.05) is 12.1 Å². The number of rotatable bonds is 7. The zero-order chi connectivity index (χ0) is 15.0. The quantitative estimate of drug-likeness (QED) is 0.821. The molecule has 0 aliphatic heterocycles. The van der Waals surface area contributed by atoms with Crippen LogP contribution in [0.4, 0.5) is 0 Å². The number of likely N-dealkylation sites (N-methyl/N-ethyl adjacent to an activating group) is 2. The van der Waals surface area contributed by atoms with Crippen LogP contribution in [0.25, 0.3) is 0 Å². The third-order valence-electron chi connectivity index (χ3n) is 2.89. The second kappa shape index (κ2) is 8.32. The number of amides is 2. The first kappa shape index (κ1) is 16.2. The van der Waals surface area contributed by atoms with Gasteiger partial charge < -0.3 is 15.0 Å². The molecular weight excluding hydrogens is 256 g/mol. The van der Waals surface area contributed by atoms with Crippen molar-refractivity contribution in [3.63, 3.8) is 0 Å². The molecule has 1 N–H and O–H groups in total. The molecule has 0 heterocycles. The summed E-state index contributed by atoms with van der Waals surface area (Å²) in [5.74, 6) is -0.276. The molecule has 0 aliphatic rings. The Morgan fingerprint density at radius 2 is 1.85 bits per heavy atom. The standard InChI is InChI=1S/C15H22N2O3/c1-4-16-14(18)10-17(5-2)15(19)13-8-6-12(7-9-13)11-20-3/h6-9H,4-5,10-11H2,1-3H3,(H,16,18). The van der Waals surface area contributed by atoms with Gasteiger partial charge in [0.15, 0.2) is 0 Å². The second-order valence-corrected chi connectivity index (χ2v) is 4.40. The second-order valence-electron chi connectivity index (χ2n) is 4.40. The highest BCUT2D eigenvalue weighted by Crippen LogP contribution is 2.08. The highest BCUT2D eigenvalue weighted by Gasteiger charge is 2.16. The largest absolute Gasteiger partial charge is 0.380 e. The van der Waals surface area contributed by atoms with E-state index in [0.29, 0.717) is 25.3 Å². The predicted molar refractivity (Wildman–Crippen MR) is 77.4 cm³/mol. The van der Waals surface area contributed by atoms with E-state index in [9.17, 15) is 9.59 Å². The van der Waals surface area contributed by atoms with Crippen molar-refractivity contribution >= 4 is 11.8 Å². The summed E-state index contributed by atoms with van der Waals surface area (Å²) >= 11 is 0. The average Bonchev–Trinajstić information content (AvgIpc) is 2.45. The van der Waals surface area contributed by atoms with Gasteiger partial charge in [0.25, 0.3) is 5.91 Å². The number of methoxy groups -OCH3 is 1. The van der Waals surface area contributed by atoms with Crippen LogP contribution in [0.1, 0.15) is 29.8 Å². The van der Waals surface area contributed by atoms with Crippen LogP contribution in [0.2, 0.25) is 0 Å². The molecule has 0 atom stereocenters. The molecule has 0 bridgehead atoms. The molecule has 5 heteroatoms. The lowest BCUT2D eigenvalue weighted by Gasteiger charge is -2.20. The van der Waals surface area contributed by atoms with Crippen LogP contribution >= 0.6 is 0 Å². The molecule has 1 rings (SSSR count). The Hall–Kier alpha value is -1.88. The van der Waals surface area contributed by atoms with Crippen LogP contribution in [0.5, 0.6) is 0 Å². The average molecular weight is 278 g/mol. The van der Waals surface area contributed by atoms with Gasteiger partial charge in [0.05, 0.1) is 13.2 Å². The van der Waals surface area contributed by atoms with Crippen molar-refractivity contribution in [3.8, 4) is 0 Å². The number of hydrogen-bond acceptors (Lipinski definition) is 3. The van der Waals surface area contributed by atoms with E-state index in [-0.39, 0.29) is 18.4 Å². The first-order valence-electron chi connectivity index (χ1n) is 6.76. The van der Waals surface area contributed by atoms with Gasteiger partial charge in [-0.3, -0.25) is 9.59 Å². The molecule has 0 radical (unpaired) electrons. The van der Waals surface area contributed by atoms with E-state index >= 15 is 0 Å². The molecule has 5 nitrogen and oxygen atoms in total. The van der Waals surface area contributed by atoms with Crippen molar-refractivity contribution in [1.82, 2.24) is 10.2 Å². The summed E-state index contributed by atoms with van der Waals surface area (Å²) in [6.07, 6.45) is 0. The van der Waals surface area contributed by atoms with E-state index in [2.05, 4.69) is 5.32 Å². The first-order valence-corrected chi connectivity index (χ1v) is 6.76. The van der Waals surface area contributed by atoms with Gasteiger partial charge in [0, 0.05) is 25.8 Å². The lowest BCUT2D eigenvalue weighted by atomic mass is 10.1. The van der Waals surface area contributed by atoms with E-state index in [0.717, 1.165) is 5.56 Å². The van der Waals surface area contributed by atoms with Crippen LogP contribution in [0.15, 0.2) is 24.3 Å². The van der Waals surface area contributed by atoms with Crippen LogP contribution < -0.4 is 5.32 Å². The van der Waals surface area contributed by atoms with Crippen molar-refractivity contribution in [2.45, 2.75) is 20.5 Å². The molecule has 0 unspecified atom stereocenters. The molecule has 1 aromatic carbocycles. The zero-order valence-corrected chi connectivity index (χ0v) is 12.3. The van der Waals surface area contributed by atoms with E-state index in [1.807, 2.05) is 26.0 Å². The molecular formula is C15H22N2O3. The van der Waals surface area contributed by atoms with Gasteiger partial charge in [-0.15, -0.1) is 0 Å². The van der Waals surface area contributed by atoms with Crippen LogP contribution in [-0.2, 0) is 16.1 Å². The van der Waals surface area contributed by atoms with Crippen molar-refractivity contribution in [3.05, 3.63) is 35.4 Å². The monoisotopic (exact) mass is 278 g/mol. The molecule has 0 saturated heterocycles. The van der Waals surface area contributed by atoms with Gasteiger partial charge >= 0.3 is 0 Å². The highest BCUT2D eigenvalue weighted by molar-refractivity contribution is 5.96. The lowest BCUT2D eigenvalue weighted by Crippen LogP contribution is -2.40. The van der Waals surface area contributed by atoms with Crippen LogP contribution in [-0.4, -0.2) is 43.5 Å². The fourth-order valence-corrected chi connectivity index (χ4v) is 1.85. The maximum absolute atomic E-state index is 12.3. The third kappa shape index (κ3) is 4.66. The van der Waals surface area contributed by atoms with Crippen molar-refractivity contribution in [1.29, 1.82) is 0 Å².